The number of fused-ring (bicyclic) bond motifs is 2. The predicted molar refractivity (Wildman–Crippen MR) is 36.6 cm³/mol. The maximum atomic E-state index is 9.34. The van der Waals surface area contributed by atoms with Crippen LogP contribution in [0.2, 0.25) is 0 Å². The van der Waals surface area contributed by atoms with Gasteiger partial charge in [0.25, 0.3) is 0 Å². The van der Waals surface area contributed by atoms with Gasteiger partial charge in [0.05, 0.1) is 12.2 Å². The highest BCUT2D eigenvalue weighted by atomic mass is 16.3. The maximum absolute atomic E-state index is 9.34. The van der Waals surface area contributed by atoms with Crippen molar-refractivity contribution < 1.29 is 10.2 Å². The van der Waals surface area contributed by atoms with Gasteiger partial charge in [-0.3, -0.25) is 0 Å². The molecule has 0 saturated carbocycles. The average molecular weight is 143 g/mol. The Balaban J connectivity index is 2.08. The third kappa shape index (κ3) is 0.856. The van der Waals surface area contributed by atoms with Gasteiger partial charge in [0, 0.05) is 12.1 Å². The second kappa shape index (κ2) is 2.19. The molecule has 4 atom stereocenters. The molecule has 0 aromatic heterocycles. The minimum atomic E-state index is -0.228. The summed E-state index contributed by atoms with van der Waals surface area (Å²) in [6.07, 6.45) is 2.04. The Labute approximate surface area is 60.1 Å². The van der Waals surface area contributed by atoms with Crippen molar-refractivity contribution >= 4 is 0 Å². The van der Waals surface area contributed by atoms with Crippen LogP contribution >= 0.6 is 0 Å². The summed E-state index contributed by atoms with van der Waals surface area (Å²) < 4.78 is 0. The third-order valence-corrected chi connectivity index (χ3v) is 2.63. The van der Waals surface area contributed by atoms with Crippen molar-refractivity contribution in [3.63, 3.8) is 0 Å². The molecule has 2 fully saturated rings. The molecular weight excluding hydrogens is 130 g/mol. The third-order valence-electron chi connectivity index (χ3n) is 2.63. The van der Waals surface area contributed by atoms with Crippen LogP contribution < -0.4 is 5.32 Å². The Morgan fingerprint density at radius 1 is 1.00 bits per heavy atom. The fourth-order valence-corrected chi connectivity index (χ4v) is 1.97. The van der Waals surface area contributed by atoms with E-state index in [4.69, 9.17) is 0 Å². The lowest BCUT2D eigenvalue weighted by Crippen LogP contribution is -2.44. The fourth-order valence-electron chi connectivity index (χ4n) is 1.97. The highest BCUT2D eigenvalue weighted by Gasteiger charge is 2.39. The largest absolute Gasteiger partial charge is 0.392 e. The van der Waals surface area contributed by atoms with Crippen molar-refractivity contribution in [3.8, 4) is 0 Å². The van der Waals surface area contributed by atoms with Crippen LogP contribution in [0.3, 0.4) is 0 Å². The van der Waals surface area contributed by atoms with E-state index >= 15 is 0 Å². The van der Waals surface area contributed by atoms with Gasteiger partial charge < -0.3 is 15.5 Å². The van der Waals surface area contributed by atoms with Crippen LogP contribution in [0.1, 0.15) is 19.3 Å². The van der Waals surface area contributed by atoms with E-state index in [0.29, 0.717) is 0 Å². The van der Waals surface area contributed by atoms with Crippen LogP contribution in [0.4, 0.5) is 0 Å². The first-order valence-electron chi connectivity index (χ1n) is 3.89. The van der Waals surface area contributed by atoms with Gasteiger partial charge in [0.1, 0.15) is 0 Å². The second-order valence-electron chi connectivity index (χ2n) is 3.33. The Morgan fingerprint density at radius 2 is 1.80 bits per heavy atom. The van der Waals surface area contributed by atoms with E-state index in [1.807, 2.05) is 0 Å². The first kappa shape index (κ1) is 6.58. The smallest absolute Gasteiger partial charge is 0.0709 e. The number of aliphatic hydroxyl groups is 2. The molecule has 0 radical (unpaired) electrons. The highest BCUT2D eigenvalue weighted by Crippen LogP contribution is 2.26. The fraction of sp³-hybridized carbons (Fsp3) is 1.00. The highest BCUT2D eigenvalue weighted by molar-refractivity contribution is 4.98. The number of aliphatic hydroxyl groups excluding tert-OH is 2. The molecule has 10 heavy (non-hydrogen) atoms. The standard InChI is InChI=1S/C7H13NO2/c9-6-2-1-4-7(10)3-5(6)8-4/h4-10H,1-3H2. The Hall–Kier alpha value is -0.120. The molecule has 3 N–H and O–H groups in total. The molecule has 3 heteroatoms. The summed E-state index contributed by atoms with van der Waals surface area (Å²) in [7, 11) is 0. The number of rotatable bonds is 0. The molecule has 4 unspecified atom stereocenters. The first-order chi connectivity index (χ1) is 4.77. The van der Waals surface area contributed by atoms with Gasteiger partial charge in [-0.1, -0.05) is 0 Å². The van der Waals surface area contributed by atoms with Gasteiger partial charge in [0.2, 0.25) is 0 Å². The molecule has 0 aromatic carbocycles. The predicted octanol–water partition coefficient (Wildman–Crippen LogP) is -0.768. The number of hydrogen-bond acceptors (Lipinski definition) is 3. The first-order valence-corrected chi connectivity index (χ1v) is 3.89. The monoisotopic (exact) mass is 143 g/mol. The van der Waals surface area contributed by atoms with E-state index in [9.17, 15) is 10.2 Å². The van der Waals surface area contributed by atoms with Crippen LogP contribution in [-0.2, 0) is 0 Å². The van der Waals surface area contributed by atoms with Crippen molar-refractivity contribution in [1.82, 2.24) is 5.32 Å². The minimum Gasteiger partial charge on any atom is -0.392 e. The molecule has 2 rings (SSSR count). The number of piperidine rings is 1. The Bertz CT molecular complexity index is 138. The Kier molecular flexibility index (Phi) is 1.44. The molecule has 0 aliphatic carbocycles. The molecule has 0 aromatic rings. The average Bonchev–Trinajstić information content (AvgIpc) is 2.21. The van der Waals surface area contributed by atoms with Gasteiger partial charge in [-0.25, -0.2) is 0 Å². The maximum Gasteiger partial charge on any atom is 0.0709 e. The van der Waals surface area contributed by atoms with Crippen molar-refractivity contribution in [3.05, 3.63) is 0 Å². The van der Waals surface area contributed by atoms with Gasteiger partial charge >= 0.3 is 0 Å². The summed E-state index contributed by atoms with van der Waals surface area (Å²) in [6.45, 7) is 0. The molecule has 2 heterocycles. The van der Waals surface area contributed by atoms with Crippen molar-refractivity contribution in [2.45, 2.75) is 43.6 Å². The number of nitrogens with one attached hydrogen (secondary N) is 1. The molecule has 0 amide bonds. The molecule has 3 nitrogen and oxygen atoms in total. The van der Waals surface area contributed by atoms with Crippen LogP contribution in [0.15, 0.2) is 0 Å². The van der Waals surface area contributed by atoms with E-state index in [1.165, 1.54) is 0 Å². The van der Waals surface area contributed by atoms with Crippen molar-refractivity contribution in [2.24, 2.45) is 0 Å². The van der Waals surface area contributed by atoms with E-state index in [0.717, 1.165) is 19.3 Å². The number of hydrogen-bond donors (Lipinski definition) is 3. The van der Waals surface area contributed by atoms with Crippen LogP contribution in [0, 0.1) is 0 Å². The van der Waals surface area contributed by atoms with Crippen LogP contribution in [-0.4, -0.2) is 34.5 Å². The molecule has 2 aliphatic rings. The molecule has 0 spiro atoms. The summed E-state index contributed by atoms with van der Waals surface area (Å²) in [5, 5.41) is 21.9. The van der Waals surface area contributed by atoms with Gasteiger partial charge in [-0.15, -0.1) is 0 Å². The second-order valence-corrected chi connectivity index (χ2v) is 3.33. The molecule has 2 saturated heterocycles. The zero-order valence-electron chi connectivity index (χ0n) is 5.83. The molecule has 2 bridgehead atoms. The van der Waals surface area contributed by atoms with E-state index in [-0.39, 0.29) is 24.3 Å². The summed E-state index contributed by atoms with van der Waals surface area (Å²) >= 11 is 0. The lowest BCUT2D eigenvalue weighted by Gasteiger charge is -2.25. The van der Waals surface area contributed by atoms with Gasteiger partial charge in [-0.05, 0) is 19.3 Å². The normalized spacial score (nSPS) is 53.4. The summed E-state index contributed by atoms with van der Waals surface area (Å²) in [5.74, 6) is 0. The minimum absolute atomic E-state index is 0.161. The SMILES string of the molecule is OC1CC2NC1CCC2O. The lowest BCUT2D eigenvalue weighted by molar-refractivity contribution is 0.101. The van der Waals surface area contributed by atoms with E-state index < -0.39 is 0 Å². The summed E-state index contributed by atoms with van der Waals surface area (Å²) in [5.41, 5.74) is 0. The van der Waals surface area contributed by atoms with Gasteiger partial charge in [-0.2, -0.15) is 0 Å². The molecule has 2 aliphatic heterocycles. The summed E-state index contributed by atoms with van der Waals surface area (Å²) in [4.78, 5) is 0. The van der Waals surface area contributed by atoms with Gasteiger partial charge in [0.15, 0.2) is 0 Å². The topological polar surface area (TPSA) is 52.5 Å². The van der Waals surface area contributed by atoms with Crippen LogP contribution in [0.5, 0.6) is 0 Å². The lowest BCUT2D eigenvalue weighted by atomic mass is 10.0. The zero-order valence-corrected chi connectivity index (χ0v) is 5.83. The van der Waals surface area contributed by atoms with Crippen LogP contribution in [0.25, 0.3) is 0 Å². The zero-order chi connectivity index (χ0) is 7.14. The van der Waals surface area contributed by atoms with Crippen molar-refractivity contribution in [2.75, 3.05) is 0 Å². The van der Waals surface area contributed by atoms with E-state index in [2.05, 4.69) is 5.32 Å². The molecular formula is C7H13NO2. The quantitative estimate of drug-likeness (QED) is 0.417. The van der Waals surface area contributed by atoms with E-state index in [1.54, 1.807) is 0 Å². The summed E-state index contributed by atoms with van der Waals surface area (Å²) in [6, 6.07) is 0.419. The van der Waals surface area contributed by atoms with Crippen molar-refractivity contribution in [1.29, 1.82) is 0 Å². The molecule has 58 valence electrons. The Morgan fingerprint density at radius 3 is 2.50 bits per heavy atom.